The molecule has 0 amide bonds. The van der Waals surface area contributed by atoms with Crippen molar-refractivity contribution in [2.24, 2.45) is 5.73 Å². The van der Waals surface area contributed by atoms with Gasteiger partial charge in [-0.2, -0.15) is 4.31 Å². The predicted octanol–water partition coefficient (Wildman–Crippen LogP) is 2.84. The van der Waals surface area contributed by atoms with E-state index in [0.29, 0.717) is 28.7 Å². The van der Waals surface area contributed by atoms with Crippen LogP contribution >= 0.6 is 35.6 Å². The second-order valence-corrected chi connectivity index (χ2v) is 7.53. The molecule has 1 heterocycles. The lowest BCUT2D eigenvalue weighted by Gasteiger charge is -2.30. The molecule has 1 aromatic rings. The van der Waals surface area contributed by atoms with Crippen LogP contribution in [0.25, 0.3) is 0 Å². The third-order valence-electron chi connectivity index (χ3n) is 3.31. The maximum Gasteiger partial charge on any atom is 0.243 e. The van der Waals surface area contributed by atoms with E-state index in [2.05, 4.69) is 0 Å². The molecule has 0 bridgehead atoms. The number of halogens is 3. The molecular formula is C12H17Cl3N2O2S. The standard InChI is InChI=1S/C12H16Cl2N2O2S.ClH/c1-8-11(13)5-10(6-12(8)14)19(17,18)16-4-2-3-9(15)7-16;/h5-6,9H,2-4,7,15H2,1H3;1H. The summed E-state index contributed by atoms with van der Waals surface area (Å²) in [6.45, 7) is 2.57. The van der Waals surface area contributed by atoms with Gasteiger partial charge in [0.25, 0.3) is 0 Å². The van der Waals surface area contributed by atoms with Crippen molar-refractivity contribution in [2.45, 2.75) is 30.7 Å². The van der Waals surface area contributed by atoms with Crippen LogP contribution in [0.15, 0.2) is 17.0 Å². The third kappa shape index (κ3) is 3.59. The highest BCUT2D eigenvalue weighted by molar-refractivity contribution is 7.89. The highest BCUT2D eigenvalue weighted by Gasteiger charge is 2.29. The van der Waals surface area contributed by atoms with Crippen molar-refractivity contribution in [1.29, 1.82) is 0 Å². The lowest BCUT2D eigenvalue weighted by atomic mass is 10.1. The summed E-state index contributed by atoms with van der Waals surface area (Å²) < 4.78 is 26.4. The molecule has 2 rings (SSSR count). The summed E-state index contributed by atoms with van der Waals surface area (Å²) in [5.74, 6) is 0. The quantitative estimate of drug-likeness (QED) is 0.883. The van der Waals surface area contributed by atoms with E-state index in [1.54, 1.807) is 6.92 Å². The molecule has 20 heavy (non-hydrogen) atoms. The summed E-state index contributed by atoms with van der Waals surface area (Å²) in [6, 6.07) is 2.77. The largest absolute Gasteiger partial charge is 0.327 e. The van der Waals surface area contributed by atoms with E-state index < -0.39 is 10.0 Å². The van der Waals surface area contributed by atoms with Crippen LogP contribution in [0.1, 0.15) is 18.4 Å². The van der Waals surface area contributed by atoms with Crippen molar-refractivity contribution in [3.05, 3.63) is 27.7 Å². The van der Waals surface area contributed by atoms with Crippen molar-refractivity contribution in [3.8, 4) is 0 Å². The number of piperidine rings is 1. The minimum atomic E-state index is -3.57. The van der Waals surface area contributed by atoms with Crippen LogP contribution in [0.4, 0.5) is 0 Å². The minimum absolute atomic E-state index is 0. The first kappa shape index (κ1) is 18.0. The molecule has 0 saturated carbocycles. The van der Waals surface area contributed by atoms with Gasteiger partial charge in [0.05, 0.1) is 4.90 Å². The molecule has 1 aliphatic rings. The maximum atomic E-state index is 12.5. The van der Waals surface area contributed by atoms with E-state index in [9.17, 15) is 8.42 Å². The normalized spacial score (nSPS) is 20.5. The van der Waals surface area contributed by atoms with Gasteiger partial charge < -0.3 is 5.73 Å². The second-order valence-electron chi connectivity index (χ2n) is 4.78. The van der Waals surface area contributed by atoms with Crippen LogP contribution in [0.2, 0.25) is 10.0 Å². The number of rotatable bonds is 2. The molecule has 1 saturated heterocycles. The summed E-state index contributed by atoms with van der Waals surface area (Å²) in [4.78, 5) is 0.127. The zero-order valence-corrected chi connectivity index (χ0v) is 14.1. The van der Waals surface area contributed by atoms with Crippen molar-refractivity contribution in [3.63, 3.8) is 0 Å². The third-order valence-corrected chi connectivity index (χ3v) is 5.94. The van der Waals surface area contributed by atoms with E-state index in [1.165, 1.54) is 16.4 Å². The SMILES string of the molecule is Cc1c(Cl)cc(S(=O)(=O)N2CCCC(N)C2)cc1Cl.Cl. The molecule has 2 N–H and O–H groups in total. The van der Waals surface area contributed by atoms with Gasteiger partial charge in [0.15, 0.2) is 0 Å². The molecule has 0 spiro atoms. The van der Waals surface area contributed by atoms with Gasteiger partial charge in [-0.25, -0.2) is 8.42 Å². The van der Waals surface area contributed by atoms with Crippen molar-refractivity contribution >= 4 is 45.6 Å². The number of benzene rings is 1. The molecule has 1 atom stereocenters. The van der Waals surface area contributed by atoms with Gasteiger partial charge >= 0.3 is 0 Å². The van der Waals surface area contributed by atoms with Crippen LogP contribution in [0, 0.1) is 6.92 Å². The molecular weight excluding hydrogens is 343 g/mol. The van der Waals surface area contributed by atoms with Gasteiger partial charge in [-0.05, 0) is 37.5 Å². The molecule has 0 aromatic heterocycles. The Morgan fingerprint density at radius 2 is 1.85 bits per heavy atom. The molecule has 1 unspecified atom stereocenters. The minimum Gasteiger partial charge on any atom is -0.327 e. The van der Waals surface area contributed by atoms with E-state index >= 15 is 0 Å². The Kier molecular flexibility index (Phi) is 6.14. The zero-order chi connectivity index (χ0) is 14.2. The molecule has 1 aromatic carbocycles. The summed E-state index contributed by atoms with van der Waals surface area (Å²) >= 11 is 12.0. The lowest BCUT2D eigenvalue weighted by molar-refractivity contribution is 0.316. The predicted molar refractivity (Wildman–Crippen MR) is 84.4 cm³/mol. The first-order chi connectivity index (χ1) is 8.82. The Balaban J connectivity index is 0.00000200. The Labute approximate surface area is 135 Å². The molecule has 1 fully saturated rings. The fourth-order valence-electron chi connectivity index (χ4n) is 2.11. The first-order valence-corrected chi connectivity index (χ1v) is 8.23. The molecule has 4 nitrogen and oxygen atoms in total. The van der Waals surface area contributed by atoms with Crippen LogP contribution < -0.4 is 5.73 Å². The summed E-state index contributed by atoms with van der Waals surface area (Å²) in [7, 11) is -3.57. The zero-order valence-electron chi connectivity index (χ0n) is 11.0. The van der Waals surface area contributed by atoms with E-state index in [1.807, 2.05) is 0 Å². The number of hydrogen-bond acceptors (Lipinski definition) is 3. The average molecular weight is 360 g/mol. The Morgan fingerprint density at radius 3 is 2.35 bits per heavy atom. The van der Waals surface area contributed by atoms with Crippen molar-refractivity contribution in [1.82, 2.24) is 4.31 Å². The van der Waals surface area contributed by atoms with Gasteiger partial charge in [-0.1, -0.05) is 23.2 Å². The highest BCUT2D eigenvalue weighted by Crippen LogP contribution is 2.30. The number of nitrogens with zero attached hydrogens (tertiary/aromatic N) is 1. The molecule has 1 aliphatic heterocycles. The Morgan fingerprint density at radius 1 is 1.30 bits per heavy atom. The highest BCUT2D eigenvalue weighted by atomic mass is 35.5. The summed E-state index contributed by atoms with van der Waals surface area (Å²) in [5.41, 5.74) is 6.50. The van der Waals surface area contributed by atoms with Gasteiger partial charge in [0.2, 0.25) is 10.0 Å². The molecule has 8 heteroatoms. The molecule has 114 valence electrons. The van der Waals surface area contributed by atoms with Crippen molar-refractivity contribution in [2.75, 3.05) is 13.1 Å². The van der Waals surface area contributed by atoms with Gasteiger partial charge in [-0.15, -0.1) is 12.4 Å². The van der Waals surface area contributed by atoms with E-state index in [-0.39, 0.29) is 23.3 Å². The Bertz CT molecular complexity index is 569. The van der Waals surface area contributed by atoms with E-state index in [0.717, 1.165) is 12.8 Å². The second kappa shape index (κ2) is 6.81. The smallest absolute Gasteiger partial charge is 0.243 e. The van der Waals surface area contributed by atoms with Crippen LogP contribution in [0.5, 0.6) is 0 Å². The number of hydrogen-bond donors (Lipinski definition) is 1. The van der Waals surface area contributed by atoms with Gasteiger partial charge in [-0.3, -0.25) is 0 Å². The summed E-state index contributed by atoms with van der Waals surface area (Å²) in [6.07, 6.45) is 1.62. The fraction of sp³-hybridized carbons (Fsp3) is 0.500. The van der Waals surface area contributed by atoms with Crippen molar-refractivity contribution < 1.29 is 8.42 Å². The number of sulfonamides is 1. The van der Waals surface area contributed by atoms with Crippen LogP contribution in [-0.2, 0) is 10.0 Å². The lowest BCUT2D eigenvalue weighted by Crippen LogP contribution is -2.45. The topological polar surface area (TPSA) is 63.4 Å². The number of nitrogens with two attached hydrogens (primary N) is 1. The maximum absolute atomic E-state index is 12.5. The van der Waals surface area contributed by atoms with Crippen LogP contribution in [0.3, 0.4) is 0 Å². The monoisotopic (exact) mass is 358 g/mol. The molecule has 0 radical (unpaired) electrons. The first-order valence-electron chi connectivity index (χ1n) is 6.03. The van der Waals surface area contributed by atoms with Gasteiger partial charge in [0, 0.05) is 29.2 Å². The average Bonchev–Trinajstić information content (AvgIpc) is 2.35. The molecule has 0 aliphatic carbocycles. The van der Waals surface area contributed by atoms with E-state index in [4.69, 9.17) is 28.9 Å². The summed E-state index contributed by atoms with van der Waals surface area (Å²) in [5, 5.41) is 0.708. The van der Waals surface area contributed by atoms with Gasteiger partial charge in [0.1, 0.15) is 0 Å². The fourth-order valence-corrected chi connectivity index (χ4v) is 4.32. The van der Waals surface area contributed by atoms with Crippen LogP contribution in [-0.4, -0.2) is 31.9 Å². The Hall–Kier alpha value is -0.0400.